The summed E-state index contributed by atoms with van der Waals surface area (Å²) in [4.78, 5) is 20.3. The Kier molecular flexibility index (Phi) is 4.41. The number of nitrogens with zero attached hydrogens (tertiary/aromatic N) is 2. The van der Waals surface area contributed by atoms with Crippen LogP contribution in [0.2, 0.25) is 0 Å². The molecule has 0 aromatic heterocycles. The standard InChI is InChI=1S/C11H12N2O6/c1-7(12(14)15)4-8-5-10(18-2)11(19-3)6-9(8)13(16)17/h4-6H,1-3H3. The molecule has 0 aliphatic rings. The Morgan fingerprint density at radius 3 is 2.11 bits per heavy atom. The Balaban J connectivity index is 3.48. The van der Waals surface area contributed by atoms with Crippen molar-refractivity contribution in [3.63, 3.8) is 0 Å². The van der Waals surface area contributed by atoms with E-state index < -0.39 is 9.85 Å². The number of benzene rings is 1. The zero-order chi connectivity index (χ0) is 14.6. The van der Waals surface area contributed by atoms with Crippen molar-refractivity contribution in [2.75, 3.05) is 14.2 Å². The van der Waals surface area contributed by atoms with Gasteiger partial charge in [-0.2, -0.15) is 0 Å². The van der Waals surface area contributed by atoms with Crippen LogP contribution in [-0.4, -0.2) is 24.1 Å². The van der Waals surface area contributed by atoms with Crippen molar-refractivity contribution in [1.82, 2.24) is 0 Å². The van der Waals surface area contributed by atoms with Crippen LogP contribution in [0.4, 0.5) is 5.69 Å². The lowest BCUT2D eigenvalue weighted by atomic mass is 10.1. The maximum Gasteiger partial charge on any atom is 0.280 e. The molecule has 0 unspecified atom stereocenters. The molecular formula is C11H12N2O6. The quantitative estimate of drug-likeness (QED) is 0.599. The molecule has 0 atom stereocenters. The molecule has 0 bridgehead atoms. The number of nitro groups is 2. The third-order valence-corrected chi connectivity index (χ3v) is 2.38. The molecule has 0 fully saturated rings. The molecule has 8 nitrogen and oxygen atoms in total. The molecule has 1 rings (SSSR count). The van der Waals surface area contributed by atoms with Gasteiger partial charge in [-0.3, -0.25) is 20.2 Å². The molecule has 0 heterocycles. The van der Waals surface area contributed by atoms with E-state index in [2.05, 4.69) is 0 Å². The van der Waals surface area contributed by atoms with Crippen LogP contribution in [0.25, 0.3) is 6.08 Å². The molecule has 1 aromatic carbocycles. The Hall–Kier alpha value is -2.64. The average Bonchev–Trinajstić information content (AvgIpc) is 2.37. The lowest BCUT2D eigenvalue weighted by Crippen LogP contribution is -1.98. The Morgan fingerprint density at radius 1 is 1.16 bits per heavy atom. The fraction of sp³-hybridized carbons (Fsp3) is 0.273. The molecule has 102 valence electrons. The van der Waals surface area contributed by atoms with Crippen molar-refractivity contribution >= 4 is 11.8 Å². The highest BCUT2D eigenvalue weighted by molar-refractivity contribution is 5.67. The van der Waals surface area contributed by atoms with Crippen LogP contribution in [0.3, 0.4) is 0 Å². The molecule has 0 radical (unpaired) electrons. The molecular weight excluding hydrogens is 256 g/mol. The van der Waals surface area contributed by atoms with Crippen LogP contribution in [0.1, 0.15) is 12.5 Å². The first kappa shape index (κ1) is 14.4. The van der Waals surface area contributed by atoms with Gasteiger partial charge in [-0.25, -0.2) is 0 Å². The van der Waals surface area contributed by atoms with Gasteiger partial charge in [-0.1, -0.05) is 0 Å². The lowest BCUT2D eigenvalue weighted by Gasteiger charge is -2.08. The number of allylic oxidation sites excluding steroid dienone is 1. The summed E-state index contributed by atoms with van der Waals surface area (Å²) in [6, 6.07) is 2.49. The van der Waals surface area contributed by atoms with E-state index in [9.17, 15) is 20.2 Å². The van der Waals surface area contributed by atoms with Gasteiger partial charge >= 0.3 is 0 Å². The summed E-state index contributed by atoms with van der Waals surface area (Å²) < 4.78 is 9.96. The van der Waals surface area contributed by atoms with Crippen LogP contribution in [0.5, 0.6) is 11.5 Å². The minimum atomic E-state index is -0.638. The maximum absolute atomic E-state index is 11.0. The van der Waals surface area contributed by atoms with Crippen molar-refractivity contribution in [2.45, 2.75) is 6.92 Å². The summed E-state index contributed by atoms with van der Waals surface area (Å²) in [5, 5.41) is 21.5. The first-order chi connectivity index (χ1) is 8.90. The highest BCUT2D eigenvalue weighted by atomic mass is 16.6. The predicted molar refractivity (Wildman–Crippen MR) is 66.8 cm³/mol. The number of nitro benzene ring substituents is 1. The highest BCUT2D eigenvalue weighted by Crippen LogP contribution is 2.35. The second-order valence-corrected chi connectivity index (χ2v) is 3.57. The summed E-state index contributed by atoms with van der Waals surface area (Å²) in [5.74, 6) is 0.445. The smallest absolute Gasteiger partial charge is 0.280 e. The molecule has 0 saturated heterocycles. The van der Waals surface area contributed by atoms with E-state index in [1.807, 2.05) is 0 Å². The number of methoxy groups -OCH3 is 2. The summed E-state index contributed by atoms with van der Waals surface area (Å²) >= 11 is 0. The zero-order valence-electron chi connectivity index (χ0n) is 10.6. The van der Waals surface area contributed by atoms with Gasteiger partial charge in [-0.15, -0.1) is 0 Å². The molecule has 1 aromatic rings. The molecule has 0 N–H and O–H groups in total. The normalized spacial score (nSPS) is 11.0. The molecule has 0 aliphatic carbocycles. The van der Waals surface area contributed by atoms with E-state index in [1.54, 1.807) is 0 Å². The third kappa shape index (κ3) is 3.18. The van der Waals surface area contributed by atoms with Crippen LogP contribution >= 0.6 is 0 Å². The Bertz CT molecular complexity index is 552. The Labute approximate surface area is 108 Å². The van der Waals surface area contributed by atoms with Gasteiger partial charge in [0.05, 0.1) is 35.7 Å². The van der Waals surface area contributed by atoms with E-state index in [0.29, 0.717) is 0 Å². The van der Waals surface area contributed by atoms with Crippen LogP contribution in [-0.2, 0) is 0 Å². The molecule has 19 heavy (non-hydrogen) atoms. The summed E-state index contributed by atoms with van der Waals surface area (Å²) in [7, 11) is 2.72. The minimum absolute atomic E-state index is 0.0804. The van der Waals surface area contributed by atoms with Gasteiger partial charge in [0, 0.05) is 13.0 Å². The van der Waals surface area contributed by atoms with Gasteiger partial charge in [0.25, 0.3) is 5.69 Å². The molecule has 0 spiro atoms. The second-order valence-electron chi connectivity index (χ2n) is 3.57. The van der Waals surface area contributed by atoms with Crippen LogP contribution < -0.4 is 9.47 Å². The second kappa shape index (κ2) is 5.80. The van der Waals surface area contributed by atoms with Crippen molar-refractivity contribution in [1.29, 1.82) is 0 Å². The third-order valence-electron chi connectivity index (χ3n) is 2.38. The first-order valence-corrected chi connectivity index (χ1v) is 5.13. The van der Waals surface area contributed by atoms with E-state index in [1.165, 1.54) is 27.2 Å². The SMILES string of the molecule is COc1cc(C=C(C)[N+](=O)[O-])c([N+](=O)[O-])cc1OC. The van der Waals surface area contributed by atoms with Crippen molar-refractivity contribution in [3.05, 3.63) is 43.6 Å². The number of hydrogen-bond acceptors (Lipinski definition) is 6. The molecule has 0 saturated carbocycles. The number of rotatable bonds is 5. The van der Waals surface area contributed by atoms with Crippen molar-refractivity contribution < 1.29 is 19.3 Å². The topological polar surface area (TPSA) is 105 Å². The molecule has 0 amide bonds. The van der Waals surface area contributed by atoms with E-state index in [0.717, 1.165) is 12.1 Å². The van der Waals surface area contributed by atoms with Crippen molar-refractivity contribution in [3.8, 4) is 11.5 Å². The van der Waals surface area contributed by atoms with Gasteiger partial charge in [0.1, 0.15) is 0 Å². The molecule has 8 heteroatoms. The van der Waals surface area contributed by atoms with Gasteiger partial charge in [-0.05, 0) is 6.07 Å². The average molecular weight is 268 g/mol. The van der Waals surface area contributed by atoms with Gasteiger partial charge < -0.3 is 9.47 Å². The number of hydrogen-bond donors (Lipinski definition) is 0. The maximum atomic E-state index is 11.0. The van der Waals surface area contributed by atoms with E-state index in [-0.39, 0.29) is 28.4 Å². The predicted octanol–water partition coefficient (Wildman–Crippen LogP) is 2.25. The summed E-state index contributed by atoms with van der Waals surface area (Å²) in [6.07, 6.45) is 1.11. The van der Waals surface area contributed by atoms with E-state index in [4.69, 9.17) is 9.47 Å². The monoisotopic (exact) mass is 268 g/mol. The van der Waals surface area contributed by atoms with Gasteiger partial charge in [0.2, 0.25) is 5.70 Å². The Morgan fingerprint density at radius 2 is 1.68 bits per heavy atom. The molecule has 0 aliphatic heterocycles. The van der Waals surface area contributed by atoms with Crippen LogP contribution in [0.15, 0.2) is 17.8 Å². The highest BCUT2D eigenvalue weighted by Gasteiger charge is 2.19. The lowest BCUT2D eigenvalue weighted by molar-refractivity contribution is -0.422. The largest absolute Gasteiger partial charge is 0.493 e. The first-order valence-electron chi connectivity index (χ1n) is 5.13. The number of ether oxygens (including phenoxy) is 2. The van der Waals surface area contributed by atoms with Crippen LogP contribution in [0, 0.1) is 20.2 Å². The van der Waals surface area contributed by atoms with E-state index >= 15 is 0 Å². The summed E-state index contributed by atoms with van der Waals surface area (Å²) in [5.41, 5.74) is -0.425. The fourth-order valence-corrected chi connectivity index (χ4v) is 1.44. The minimum Gasteiger partial charge on any atom is -0.493 e. The fourth-order valence-electron chi connectivity index (χ4n) is 1.44. The van der Waals surface area contributed by atoms with Crippen molar-refractivity contribution in [2.24, 2.45) is 0 Å². The zero-order valence-corrected chi connectivity index (χ0v) is 10.6. The summed E-state index contributed by atoms with van der Waals surface area (Å²) in [6.45, 7) is 1.25. The van der Waals surface area contributed by atoms with Gasteiger partial charge in [0.15, 0.2) is 11.5 Å².